The minimum Gasteiger partial charge on any atom is -0.342 e. The molecule has 0 saturated carbocycles. The molecule has 1 heterocycles. The molecule has 1 amide bonds. The van der Waals surface area contributed by atoms with Crippen LogP contribution in [-0.4, -0.2) is 38.9 Å². The van der Waals surface area contributed by atoms with Crippen molar-refractivity contribution in [1.29, 1.82) is 0 Å². The zero-order valence-corrected chi connectivity index (χ0v) is 10.8. The van der Waals surface area contributed by atoms with E-state index in [-0.39, 0.29) is 18.5 Å². The molecule has 6 heteroatoms. The Bertz CT molecular complexity index is 358. The molecule has 0 aliphatic heterocycles. The van der Waals surface area contributed by atoms with Crippen molar-refractivity contribution < 1.29 is 4.79 Å². The van der Waals surface area contributed by atoms with Gasteiger partial charge >= 0.3 is 0 Å². The van der Waals surface area contributed by atoms with Crippen LogP contribution in [0, 0.1) is 0 Å². The van der Waals surface area contributed by atoms with Gasteiger partial charge in [0.2, 0.25) is 5.91 Å². The quantitative estimate of drug-likeness (QED) is 0.786. The van der Waals surface area contributed by atoms with Crippen LogP contribution >= 0.6 is 0 Å². The fraction of sp³-hybridized carbons (Fsp3) is 0.727. The highest BCUT2D eigenvalue weighted by atomic mass is 16.2. The van der Waals surface area contributed by atoms with E-state index in [0.29, 0.717) is 13.1 Å². The average molecular weight is 239 g/mol. The minimum absolute atomic E-state index is 0.0523. The standard InChI is InChI=1S/C11H21N5O/c1-4-9(12)10-7-16(14-13-10)8-11(17)15(5-2)6-3/h7,9H,4-6,8,12H2,1-3H3. The van der Waals surface area contributed by atoms with E-state index in [4.69, 9.17) is 5.73 Å². The number of hydrogen-bond donors (Lipinski definition) is 1. The van der Waals surface area contributed by atoms with Crippen LogP contribution in [0.15, 0.2) is 6.20 Å². The van der Waals surface area contributed by atoms with E-state index in [1.165, 1.54) is 0 Å². The van der Waals surface area contributed by atoms with Gasteiger partial charge in [-0.15, -0.1) is 5.10 Å². The van der Waals surface area contributed by atoms with E-state index < -0.39 is 0 Å². The Kier molecular flexibility index (Phi) is 5.09. The maximum absolute atomic E-state index is 11.8. The van der Waals surface area contributed by atoms with Gasteiger partial charge in [-0.2, -0.15) is 0 Å². The number of aromatic nitrogens is 3. The van der Waals surface area contributed by atoms with Crippen LogP contribution in [0.2, 0.25) is 0 Å². The SMILES string of the molecule is CCC(N)c1cn(CC(=O)N(CC)CC)nn1. The summed E-state index contributed by atoms with van der Waals surface area (Å²) in [7, 11) is 0. The van der Waals surface area contributed by atoms with Crippen LogP contribution in [0.1, 0.15) is 38.9 Å². The summed E-state index contributed by atoms with van der Waals surface area (Å²) in [6, 6.07) is -0.104. The largest absolute Gasteiger partial charge is 0.342 e. The molecule has 0 aliphatic rings. The smallest absolute Gasteiger partial charge is 0.244 e. The topological polar surface area (TPSA) is 77.0 Å². The molecule has 96 valence electrons. The van der Waals surface area contributed by atoms with Crippen molar-refractivity contribution in [1.82, 2.24) is 19.9 Å². The predicted octanol–water partition coefficient (Wildman–Crippen LogP) is 0.556. The van der Waals surface area contributed by atoms with E-state index in [2.05, 4.69) is 10.3 Å². The number of carbonyl (C=O) groups excluding carboxylic acids is 1. The van der Waals surface area contributed by atoms with Crippen molar-refractivity contribution in [2.75, 3.05) is 13.1 Å². The summed E-state index contributed by atoms with van der Waals surface area (Å²) in [5.41, 5.74) is 6.58. The van der Waals surface area contributed by atoms with Crippen LogP contribution in [0.5, 0.6) is 0 Å². The van der Waals surface area contributed by atoms with Gasteiger partial charge in [0.1, 0.15) is 6.54 Å². The molecule has 2 N–H and O–H groups in total. The van der Waals surface area contributed by atoms with Gasteiger partial charge in [0.05, 0.1) is 17.9 Å². The minimum atomic E-state index is -0.104. The van der Waals surface area contributed by atoms with Gasteiger partial charge in [0, 0.05) is 13.1 Å². The number of amides is 1. The second-order valence-corrected chi connectivity index (χ2v) is 3.92. The Labute approximate surface area is 102 Å². The maximum Gasteiger partial charge on any atom is 0.244 e. The van der Waals surface area contributed by atoms with Crippen LogP contribution in [0.3, 0.4) is 0 Å². The van der Waals surface area contributed by atoms with E-state index in [9.17, 15) is 4.79 Å². The monoisotopic (exact) mass is 239 g/mol. The molecule has 1 unspecified atom stereocenters. The molecule has 0 bridgehead atoms. The van der Waals surface area contributed by atoms with Gasteiger partial charge in [-0.3, -0.25) is 4.79 Å². The Balaban J connectivity index is 2.63. The highest BCUT2D eigenvalue weighted by Crippen LogP contribution is 2.08. The fourth-order valence-electron chi connectivity index (χ4n) is 1.58. The molecule has 1 atom stereocenters. The lowest BCUT2D eigenvalue weighted by Gasteiger charge is -2.17. The Hall–Kier alpha value is -1.43. The molecule has 0 aliphatic carbocycles. The number of hydrogen-bond acceptors (Lipinski definition) is 4. The molecule has 0 saturated heterocycles. The normalized spacial score (nSPS) is 12.5. The van der Waals surface area contributed by atoms with Crippen molar-refractivity contribution in [3.05, 3.63) is 11.9 Å². The molecule has 0 radical (unpaired) electrons. The van der Waals surface area contributed by atoms with Crippen LogP contribution < -0.4 is 5.73 Å². The van der Waals surface area contributed by atoms with Crippen LogP contribution in [0.4, 0.5) is 0 Å². The molecule has 0 aromatic carbocycles. The lowest BCUT2D eigenvalue weighted by Crippen LogP contribution is -2.33. The Morgan fingerprint density at radius 2 is 2.12 bits per heavy atom. The van der Waals surface area contributed by atoms with Crippen molar-refractivity contribution in [3.63, 3.8) is 0 Å². The van der Waals surface area contributed by atoms with E-state index in [0.717, 1.165) is 12.1 Å². The summed E-state index contributed by atoms with van der Waals surface area (Å²) >= 11 is 0. The molecule has 1 rings (SSSR count). The fourth-order valence-corrected chi connectivity index (χ4v) is 1.58. The van der Waals surface area contributed by atoms with E-state index in [1.54, 1.807) is 15.8 Å². The van der Waals surface area contributed by atoms with Crippen LogP contribution in [0.25, 0.3) is 0 Å². The van der Waals surface area contributed by atoms with E-state index >= 15 is 0 Å². The van der Waals surface area contributed by atoms with Gasteiger partial charge in [-0.05, 0) is 20.3 Å². The summed E-state index contributed by atoms with van der Waals surface area (Å²) in [5.74, 6) is 0.0523. The third kappa shape index (κ3) is 3.52. The Morgan fingerprint density at radius 3 is 2.65 bits per heavy atom. The molecule has 1 aromatic rings. The third-order valence-electron chi connectivity index (χ3n) is 2.79. The predicted molar refractivity (Wildman–Crippen MR) is 65.2 cm³/mol. The number of rotatable bonds is 6. The van der Waals surface area contributed by atoms with Crippen molar-refractivity contribution in [2.45, 2.75) is 39.8 Å². The Morgan fingerprint density at radius 1 is 1.47 bits per heavy atom. The zero-order valence-electron chi connectivity index (χ0n) is 10.8. The molecule has 0 fully saturated rings. The maximum atomic E-state index is 11.8. The molecular weight excluding hydrogens is 218 g/mol. The molecule has 17 heavy (non-hydrogen) atoms. The van der Waals surface area contributed by atoms with Crippen LogP contribution in [-0.2, 0) is 11.3 Å². The van der Waals surface area contributed by atoms with Crippen molar-refractivity contribution in [2.24, 2.45) is 5.73 Å². The van der Waals surface area contributed by atoms with E-state index in [1.807, 2.05) is 20.8 Å². The first-order valence-corrected chi connectivity index (χ1v) is 6.05. The summed E-state index contributed by atoms with van der Waals surface area (Å²) in [6.45, 7) is 7.56. The molecule has 0 spiro atoms. The summed E-state index contributed by atoms with van der Waals surface area (Å²) in [5, 5.41) is 7.88. The number of carbonyl (C=O) groups is 1. The van der Waals surface area contributed by atoms with Gasteiger partial charge in [0.15, 0.2) is 0 Å². The second-order valence-electron chi connectivity index (χ2n) is 3.92. The number of nitrogens with zero attached hydrogens (tertiary/aromatic N) is 4. The molecule has 6 nitrogen and oxygen atoms in total. The summed E-state index contributed by atoms with van der Waals surface area (Å²) in [4.78, 5) is 13.6. The summed E-state index contributed by atoms with van der Waals surface area (Å²) < 4.78 is 1.55. The highest BCUT2D eigenvalue weighted by molar-refractivity contribution is 5.75. The third-order valence-corrected chi connectivity index (χ3v) is 2.79. The first-order valence-electron chi connectivity index (χ1n) is 6.05. The van der Waals surface area contributed by atoms with Crippen molar-refractivity contribution in [3.8, 4) is 0 Å². The number of likely N-dealkylation sites (N-methyl/N-ethyl adjacent to an activating group) is 1. The van der Waals surface area contributed by atoms with Gasteiger partial charge in [-0.1, -0.05) is 12.1 Å². The van der Waals surface area contributed by atoms with Crippen molar-refractivity contribution >= 4 is 5.91 Å². The zero-order chi connectivity index (χ0) is 12.8. The molecular formula is C11H21N5O. The first kappa shape index (κ1) is 13.6. The lowest BCUT2D eigenvalue weighted by molar-refractivity contribution is -0.131. The number of nitrogens with two attached hydrogens (primary N) is 1. The first-order chi connectivity index (χ1) is 8.12. The summed E-state index contributed by atoms with van der Waals surface area (Å²) in [6.07, 6.45) is 2.55. The van der Waals surface area contributed by atoms with Gasteiger partial charge < -0.3 is 10.6 Å². The van der Waals surface area contributed by atoms with Gasteiger partial charge in [0.25, 0.3) is 0 Å². The van der Waals surface area contributed by atoms with Gasteiger partial charge in [-0.25, -0.2) is 4.68 Å². The molecule has 1 aromatic heterocycles. The second kappa shape index (κ2) is 6.34. The lowest BCUT2D eigenvalue weighted by atomic mass is 10.2. The average Bonchev–Trinajstić information content (AvgIpc) is 2.78. The highest BCUT2D eigenvalue weighted by Gasteiger charge is 2.13.